The van der Waals surface area contributed by atoms with Crippen LogP contribution in [0.3, 0.4) is 0 Å². The maximum absolute atomic E-state index is 11.1. The zero-order chi connectivity index (χ0) is 13.8. The van der Waals surface area contributed by atoms with Gasteiger partial charge >= 0.3 is 6.09 Å². The monoisotopic (exact) mass is 297 g/mol. The number of carbonyl (C=O) groups excluding carboxylic acids is 1. The van der Waals surface area contributed by atoms with Gasteiger partial charge in [0.15, 0.2) is 6.29 Å². The van der Waals surface area contributed by atoms with Crippen molar-refractivity contribution in [3.05, 3.63) is 0 Å². The summed E-state index contributed by atoms with van der Waals surface area (Å²) in [6, 6.07) is 0. The number of rotatable bonds is 10. The molecule has 0 saturated carbocycles. The molecule has 0 aromatic heterocycles. The number of thiol groups is 2. The van der Waals surface area contributed by atoms with E-state index in [1.807, 2.05) is 0 Å². The first-order chi connectivity index (χ1) is 8.61. The Hall–Kier alpha value is -0.110. The van der Waals surface area contributed by atoms with Crippen LogP contribution in [-0.2, 0) is 14.2 Å². The molecular formula is C11H23NO4S2. The first-order valence-corrected chi connectivity index (χ1v) is 6.99. The van der Waals surface area contributed by atoms with Crippen molar-refractivity contribution in [3.8, 4) is 0 Å². The van der Waals surface area contributed by atoms with Gasteiger partial charge in [-0.25, -0.2) is 4.79 Å². The van der Waals surface area contributed by atoms with Crippen LogP contribution in [0.25, 0.3) is 0 Å². The van der Waals surface area contributed by atoms with Crippen molar-refractivity contribution in [2.75, 3.05) is 19.8 Å². The van der Waals surface area contributed by atoms with Crippen LogP contribution in [0, 0.1) is 0 Å². The molecule has 0 aliphatic heterocycles. The molecule has 0 N–H and O–H groups in total. The molecule has 0 saturated heterocycles. The zero-order valence-electron chi connectivity index (χ0n) is 11.0. The molecule has 0 heterocycles. The molecule has 0 fully saturated rings. The van der Waals surface area contributed by atoms with E-state index in [4.69, 9.17) is 14.2 Å². The van der Waals surface area contributed by atoms with E-state index < -0.39 is 12.4 Å². The van der Waals surface area contributed by atoms with Crippen LogP contribution in [0.5, 0.6) is 0 Å². The van der Waals surface area contributed by atoms with Crippen molar-refractivity contribution in [1.82, 2.24) is 3.71 Å². The Labute approximate surface area is 120 Å². The summed E-state index contributed by atoms with van der Waals surface area (Å²) < 4.78 is 16.7. The molecule has 0 aromatic rings. The van der Waals surface area contributed by atoms with Crippen LogP contribution in [0.1, 0.15) is 39.5 Å². The van der Waals surface area contributed by atoms with Gasteiger partial charge in [-0.05, 0) is 38.5 Å². The summed E-state index contributed by atoms with van der Waals surface area (Å²) in [5.74, 6) is 0. The highest BCUT2D eigenvalue weighted by molar-refractivity contribution is 7.94. The maximum atomic E-state index is 11.1. The minimum absolute atomic E-state index is 0.0455. The lowest BCUT2D eigenvalue weighted by Gasteiger charge is -2.19. The fraction of sp³-hybridized carbons (Fsp3) is 0.909. The molecule has 0 spiro atoms. The first kappa shape index (κ1) is 17.9. The Morgan fingerprint density at radius 2 is 1.61 bits per heavy atom. The second-order valence-corrected chi connectivity index (χ2v) is 4.86. The van der Waals surface area contributed by atoms with Crippen molar-refractivity contribution in [2.45, 2.75) is 45.8 Å². The lowest BCUT2D eigenvalue weighted by molar-refractivity contribution is -0.164. The summed E-state index contributed by atoms with van der Waals surface area (Å²) in [6.45, 7) is 5.39. The molecule has 18 heavy (non-hydrogen) atoms. The molecule has 0 unspecified atom stereocenters. The highest BCUT2D eigenvalue weighted by Crippen LogP contribution is 2.05. The Balaban J connectivity index is 3.90. The van der Waals surface area contributed by atoms with Crippen molar-refractivity contribution in [1.29, 1.82) is 0 Å². The van der Waals surface area contributed by atoms with Crippen molar-refractivity contribution in [3.63, 3.8) is 0 Å². The number of ether oxygens (including phenoxy) is 3. The van der Waals surface area contributed by atoms with Gasteiger partial charge in [0.05, 0.1) is 0 Å². The molecule has 0 rings (SSSR count). The van der Waals surface area contributed by atoms with E-state index >= 15 is 0 Å². The molecule has 0 aromatic carbocycles. The third-order valence-electron chi connectivity index (χ3n) is 2.11. The largest absolute Gasteiger partial charge is 0.443 e. The van der Waals surface area contributed by atoms with Crippen LogP contribution in [0.15, 0.2) is 0 Å². The number of nitrogens with zero attached hydrogens (tertiary/aromatic N) is 1. The SMILES string of the molecule is CCCCOC(COC(=O)N(S)S)OCCCC. The highest BCUT2D eigenvalue weighted by Gasteiger charge is 2.14. The van der Waals surface area contributed by atoms with E-state index in [9.17, 15) is 4.79 Å². The van der Waals surface area contributed by atoms with Crippen LogP contribution < -0.4 is 0 Å². The summed E-state index contributed by atoms with van der Waals surface area (Å²) in [5.41, 5.74) is 0. The zero-order valence-corrected chi connectivity index (χ0v) is 12.8. The predicted molar refractivity (Wildman–Crippen MR) is 76.7 cm³/mol. The third kappa shape index (κ3) is 9.87. The predicted octanol–water partition coefficient (Wildman–Crippen LogP) is 3.07. The summed E-state index contributed by atoms with van der Waals surface area (Å²) in [5, 5.41) is 0. The molecule has 0 aliphatic rings. The van der Waals surface area contributed by atoms with E-state index in [1.165, 1.54) is 0 Å². The molecule has 0 aliphatic carbocycles. The summed E-state index contributed by atoms with van der Waals surface area (Å²) in [4.78, 5) is 11.1. The van der Waals surface area contributed by atoms with Gasteiger partial charge < -0.3 is 14.2 Å². The lowest BCUT2D eigenvalue weighted by atomic mass is 10.3. The number of unbranched alkanes of at least 4 members (excludes halogenated alkanes) is 2. The van der Waals surface area contributed by atoms with Crippen molar-refractivity contribution < 1.29 is 19.0 Å². The molecule has 0 atom stereocenters. The minimum atomic E-state index is -0.648. The third-order valence-corrected chi connectivity index (χ3v) is 2.44. The van der Waals surface area contributed by atoms with E-state index in [2.05, 4.69) is 39.5 Å². The van der Waals surface area contributed by atoms with Crippen molar-refractivity contribution >= 4 is 31.7 Å². The van der Waals surface area contributed by atoms with Gasteiger partial charge in [-0.1, -0.05) is 26.7 Å². The Bertz CT molecular complexity index is 207. The Morgan fingerprint density at radius 3 is 2.00 bits per heavy atom. The van der Waals surface area contributed by atoms with Gasteiger partial charge in [0.2, 0.25) is 0 Å². The first-order valence-electron chi connectivity index (χ1n) is 6.19. The molecule has 1 amide bonds. The molecule has 0 radical (unpaired) electrons. The summed E-state index contributed by atoms with van der Waals surface area (Å²) in [7, 11) is 0. The second-order valence-electron chi connectivity index (χ2n) is 3.74. The summed E-state index contributed by atoms with van der Waals surface area (Å²) >= 11 is 7.42. The van der Waals surface area contributed by atoms with Gasteiger partial charge in [-0.15, -0.1) is 0 Å². The fourth-order valence-electron chi connectivity index (χ4n) is 1.06. The average Bonchev–Trinajstić information content (AvgIpc) is 2.35. The molecule has 5 nitrogen and oxygen atoms in total. The average molecular weight is 297 g/mol. The van der Waals surface area contributed by atoms with E-state index in [0.29, 0.717) is 13.2 Å². The van der Waals surface area contributed by atoms with Crippen LogP contribution in [0.2, 0.25) is 0 Å². The number of carbonyl (C=O) groups is 1. The molecule has 0 bridgehead atoms. The minimum Gasteiger partial charge on any atom is -0.443 e. The van der Waals surface area contributed by atoms with Gasteiger partial charge in [0, 0.05) is 13.2 Å². The molecular weight excluding hydrogens is 274 g/mol. The number of hydrogen-bond donors (Lipinski definition) is 2. The standard InChI is InChI=1S/C11H23NO4S2/c1-3-5-7-14-10(15-8-6-4-2)9-16-11(13)12(17)18/h10,17-18H,3-9H2,1-2H3. The lowest BCUT2D eigenvalue weighted by Crippen LogP contribution is -2.27. The summed E-state index contributed by atoms with van der Waals surface area (Å²) in [6.07, 6.45) is 2.82. The maximum Gasteiger partial charge on any atom is 0.430 e. The molecule has 108 valence electrons. The smallest absolute Gasteiger partial charge is 0.430 e. The topological polar surface area (TPSA) is 48.0 Å². The van der Waals surface area contributed by atoms with Gasteiger partial charge in [-0.3, -0.25) is 0 Å². The van der Waals surface area contributed by atoms with Crippen LogP contribution in [-0.4, -0.2) is 35.9 Å². The van der Waals surface area contributed by atoms with E-state index in [1.54, 1.807) is 0 Å². The van der Waals surface area contributed by atoms with E-state index in [-0.39, 0.29) is 6.61 Å². The number of hydrogen-bond acceptors (Lipinski definition) is 6. The van der Waals surface area contributed by atoms with Crippen molar-refractivity contribution in [2.24, 2.45) is 0 Å². The Kier molecular flexibility index (Phi) is 11.9. The van der Waals surface area contributed by atoms with Crippen LogP contribution in [0.4, 0.5) is 4.79 Å². The quantitative estimate of drug-likeness (QED) is 0.369. The normalized spacial score (nSPS) is 10.7. The molecule has 7 heteroatoms. The number of amides is 1. The van der Waals surface area contributed by atoms with Crippen LogP contribution >= 0.6 is 25.6 Å². The van der Waals surface area contributed by atoms with Gasteiger partial charge in [0.25, 0.3) is 0 Å². The van der Waals surface area contributed by atoms with Gasteiger partial charge in [0.1, 0.15) is 6.61 Å². The fourth-order valence-corrected chi connectivity index (χ4v) is 1.18. The highest BCUT2D eigenvalue weighted by atomic mass is 32.2. The van der Waals surface area contributed by atoms with Gasteiger partial charge in [-0.2, -0.15) is 3.71 Å². The van der Waals surface area contributed by atoms with E-state index in [0.717, 1.165) is 29.4 Å². The second kappa shape index (κ2) is 12.0. The Morgan fingerprint density at radius 1 is 1.11 bits per heavy atom.